The number of rotatable bonds is 2. The van der Waals surface area contributed by atoms with Crippen LogP contribution in [0.25, 0.3) is 6.08 Å². The van der Waals surface area contributed by atoms with Gasteiger partial charge < -0.3 is 4.57 Å². The smallest absolute Gasteiger partial charge is 0.270 e. The number of hydrogen-bond donors (Lipinski definition) is 1. The van der Waals surface area contributed by atoms with Crippen LogP contribution in [-0.2, 0) is 16.6 Å². The van der Waals surface area contributed by atoms with E-state index in [4.69, 9.17) is 12.2 Å². The van der Waals surface area contributed by atoms with E-state index >= 15 is 0 Å². The van der Waals surface area contributed by atoms with Crippen molar-refractivity contribution >= 4 is 40.9 Å². The Morgan fingerprint density at radius 1 is 1.13 bits per heavy atom. The Hall–Kier alpha value is -2.73. The maximum Gasteiger partial charge on any atom is 0.270 e. The standard InChI is InChI=1S/C17H15N3O2S/c1-11-6-3-4-8-14(11)20-16(22)13(15(21)18-17(20)23)10-12-7-5-9-19(12)2/h3-10H,1-2H3,(H,18,21,23). The van der Waals surface area contributed by atoms with Crippen LogP contribution in [0.1, 0.15) is 11.3 Å². The number of aromatic nitrogens is 1. The summed E-state index contributed by atoms with van der Waals surface area (Å²) in [6, 6.07) is 11.1. The van der Waals surface area contributed by atoms with E-state index in [0.29, 0.717) is 5.69 Å². The first kappa shape index (κ1) is 15.2. The molecular weight excluding hydrogens is 310 g/mol. The fourth-order valence-corrected chi connectivity index (χ4v) is 2.74. The molecule has 1 aliphatic heterocycles. The second kappa shape index (κ2) is 5.81. The van der Waals surface area contributed by atoms with Gasteiger partial charge in [-0.3, -0.25) is 19.8 Å². The Balaban J connectivity index is 2.07. The van der Waals surface area contributed by atoms with Crippen molar-refractivity contribution in [2.24, 2.45) is 7.05 Å². The molecule has 2 aromatic rings. The number of hydrogen-bond acceptors (Lipinski definition) is 3. The largest absolute Gasteiger partial charge is 0.351 e. The molecule has 1 fully saturated rings. The van der Waals surface area contributed by atoms with Gasteiger partial charge in [0.25, 0.3) is 11.8 Å². The quantitative estimate of drug-likeness (QED) is 0.523. The summed E-state index contributed by atoms with van der Waals surface area (Å²) in [6.45, 7) is 1.89. The van der Waals surface area contributed by atoms with Crippen molar-refractivity contribution in [1.29, 1.82) is 0 Å². The van der Waals surface area contributed by atoms with Crippen molar-refractivity contribution in [2.45, 2.75) is 6.92 Å². The summed E-state index contributed by atoms with van der Waals surface area (Å²) in [4.78, 5) is 26.4. The number of aryl methyl sites for hydroxylation is 2. The zero-order chi connectivity index (χ0) is 16.6. The molecule has 23 heavy (non-hydrogen) atoms. The molecule has 0 saturated carbocycles. The highest BCUT2D eigenvalue weighted by molar-refractivity contribution is 7.80. The van der Waals surface area contributed by atoms with E-state index in [2.05, 4.69) is 5.32 Å². The number of nitrogens with zero attached hydrogens (tertiary/aromatic N) is 2. The van der Waals surface area contributed by atoms with Crippen molar-refractivity contribution < 1.29 is 9.59 Å². The highest BCUT2D eigenvalue weighted by Crippen LogP contribution is 2.24. The van der Waals surface area contributed by atoms with Gasteiger partial charge in [-0.25, -0.2) is 0 Å². The van der Waals surface area contributed by atoms with Gasteiger partial charge in [0.15, 0.2) is 5.11 Å². The van der Waals surface area contributed by atoms with Gasteiger partial charge in [-0.15, -0.1) is 0 Å². The van der Waals surface area contributed by atoms with Gasteiger partial charge >= 0.3 is 0 Å². The molecule has 1 N–H and O–H groups in total. The summed E-state index contributed by atoms with van der Waals surface area (Å²) in [5.41, 5.74) is 2.39. The minimum atomic E-state index is -0.481. The fraction of sp³-hybridized carbons (Fsp3) is 0.118. The number of benzene rings is 1. The second-order valence-corrected chi connectivity index (χ2v) is 5.67. The maximum absolute atomic E-state index is 12.8. The number of para-hydroxylation sites is 1. The Morgan fingerprint density at radius 3 is 2.52 bits per heavy atom. The first-order valence-corrected chi connectivity index (χ1v) is 7.48. The van der Waals surface area contributed by atoms with Crippen LogP contribution in [0.4, 0.5) is 5.69 Å². The van der Waals surface area contributed by atoms with E-state index in [-0.39, 0.29) is 10.7 Å². The van der Waals surface area contributed by atoms with Gasteiger partial charge in [-0.05, 0) is 49.0 Å². The minimum absolute atomic E-state index is 0.0589. The van der Waals surface area contributed by atoms with E-state index in [9.17, 15) is 9.59 Å². The van der Waals surface area contributed by atoms with Crippen LogP contribution in [0.2, 0.25) is 0 Å². The molecule has 5 nitrogen and oxygen atoms in total. The molecule has 3 rings (SSSR count). The van der Waals surface area contributed by atoms with Gasteiger partial charge in [0.1, 0.15) is 5.57 Å². The van der Waals surface area contributed by atoms with Crippen LogP contribution in [0.15, 0.2) is 48.2 Å². The molecule has 0 radical (unpaired) electrons. The molecule has 1 aromatic carbocycles. The number of anilines is 1. The minimum Gasteiger partial charge on any atom is -0.351 e. The first-order chi connectivity index (χ1) is 11.0. The SMILES string of the molecule is Cc1ccccc1N1C(=O)C(=Cc2cccn2C)C(=O)NC1=S. The monoisotopic (exact) mass is 325 g/mol. The molecule has 2 amide bonds. The average Bonchev–Trinajstić information content (AvgIpc) is 2.90. The van der Waals surface area contributed by atoms with Crippen molar-refractivity contribution in [1.82, 2.24) is 9.88 Å². The summed E-state index contributed by atoms with van der Waals surface area (Å²) in [5.74, 6) is -0.903. The normalized spacial score (nSPS) is 16.9. The lowest BCUT2D eigenvalue weighted by atomic mass is 10.1. The molecule has 0 aliphatic carbocycles. The van der Waals surface area contributed by atoms with Crippen molar-refractivity contribution in [3.05, 3.63) is 59.4 Å². The number of carbonyl (C=O) groups excluding carboxylic acids is 2. The summed E-state index contributed by atoms with van der Waals surface area (Å²) < 4.78 is 1.83. The van der Waals surface area contributed by atoms with Crippen LogP contribution in [-0.4, -0.2) is 21.5 Å². The first-order valence-electron chi connectivity index (χ1n) is 7.07. The van der Waals surface area contributed by atoms with Crippen molar-refractivity contribution in [2.75, 3.05) is 4.90 Å². The molecule has 6 heteroatoms. The zero-order valence-electron chi connectivity index (χ0n) is 12.7. The Kier molecular flexibility index (Phi) is 3.83. The summed E-state index contributed by atoms with van der Waals surface area (Å²) in [7, 11) is 1.85. The average molecular weight is 325 g/mol. The molecule has 0 unspecified atom stereocenters. The highest BCUT2D eigenvalue weighted by atomic mass is 32.1. The Labute approximate surface area is 139 Å². The molecule has 0 atom stereocenters. The zero-order valence-corrected chi connectivity index (χ0v) is 13.6. The molecule has 0 bridgehead atoms. The van der Waals surface area contributed by atoms with Crippen LogP contribution in [0.5, 0.6) is 0 Å². The van der Waals surface area contributed by atoms with Gasteiger partial charge in [0, 0.05) is 18.9 Å². The second-order valence-electron chi connectivity index (χ2n) is 5.29. The number of amides is 2. The summed E-state index contributed by atoms with van der Waals surface area (Å²) in [6.07, 6.45) is 3.42. The summed E-state index contributed by atoms with van der Waals surface area (Å²) in [5, 5.41) is 2.68. The van der Waals surface area contributed by atoms with E-state index < -0.39 is 11.8 Å². The number of carbonyl (C=O) groups is 2. The van der Waals surface area contributed by atoms with E-state index in [1.54, 1.807) is 12.1 Å². The summed E-state index contributed by atoms with van der Waals surface area (Å²) >= 11 is 5.19. The third kappa shape index (κ3) is 2.68. The van der Waals surface area contributed by atoms with Crippen LogP contribution >= 0.6 is 12.2 Å². The lowest BCUT2D eigenvalue weighted by molar-refractivity contribution is -0.122. The van der Waals surface area contributed by atoms with Crippen molar-refractivity contribution in [3.63, 3.8) is 0 Å². The van der Waals surface area contributed by atoms with Crippen LogP contribution in [0.3, 0.4) is 0 Å². The third-order valence-corrected chi connectivity index (χ3v) is 4.02. The third-order valence-electron chi connectivity index (χ3n) is 3.73. The molecule has 1 saturated heterocycles. The molecule has 1 aliphatic rings. The van der Waals surface area contributed by atoms with E-state index in [1.165, 1.54) is 4.90 Å². The van der Waals surface area contributed by atoms with Gasteiger partial charge in [-0.2, -0.15) is 0 Å². The topological polar surface area (TPSA) is 54.3 Å². The lowest BCUT2D eigenvalue weighted by Crippen LogP contribution is -2.54. The maximum atomic E-state index is 12.8. The van der Waals surface area contributed by atoms with Gasteiger partial charge in [0.2, 0.25) is 0 Å². The van der Waals surface area contributed by atoms with Crippen molar-refractivity contribution in [3.8, 4) is 0 Å². The highest BCUT2D eigenvalue weighted by Gasteiger charge is 2.35. The predicted octanol–water partition coefficient (Wildman–Crippen LogP) is 2.16. The van der Waals surface area contributed by atoms with Gasteiger partial charge in [-0.1, -0.05) is 18.2 Å². The van der Waals surface area contributed by atoms with Crippen LogP contribution in [0, 0.1) is 6.92 Å². The predicted molar refractivity (Wildman–Crippen MR) is 92.8 cm³/mol. The van der Waals surface area contributed by atoms with Gasteiger partial charge in [0.05, 0.1) is 5.69 Å². The molecule has 1 aromatic heterocycles. The Bertz CT molecular complexity index is 851. The number of nitrogens with one attached hydrogen (secondary N) is 1. The fourth-order valence-electron chi connectivity index (χ4n) is 2.46. The number of thiocarbonyl (C=S) groups is 1. The lowest BCUT2D eigenvalue weighted by Gasteiger charge is -2.29. The van der Waals surface area contributed by atoms with E-state index in [1.807, 2.05) is 55.1 Å². The van der Waals surface area contributed by atoms with Crippen LogP contribution < -0.4 is 10.2 Å². The Morgan fingerprint density at radius 2 is 1.87 bits per heavy atom. The van der Waals surface area contributed by atoms with E-state index in [0.717, 1.165) is 11.3 Å². The molecule has 2 heterocycles. The molecular formula is C17H15N3O2S. The molecule has 116 valence electrons. The molecule has 0 spiro atoms.